The van der Waals surface area contributed by atoms with Crippen LogP contribution in [0.3, 0.4) is 0 Å². The largest absolute Gasteiger partial charge is 0.481 e. The first-order valence-corrected chi connectivity index (χ1v) is 8.08. The highest BCUT2D eigenvalue weighted by atomic mass is 16.6. The van der Waals surface area contributed by atoms with Gasteiger partial charge < -0.3 is 9.47 Å². The van der Waals surface area contributed by atoms with E-state index in [2.05, 4.69) is 0 Å². The zero-order valence-electron chi connectivity index (χ0n) is 13.9. The van der Waals surface area contributed by atoms with Crippen molar-refractivity contribution in [3.8, 4) is 17.6 Å². The van der Waals surface area contributed by atoms with Crippen LogP contribution in [0.25, 0.3) is 0 Å². The number of rotatable bonds is 4. The van der Waals surface area contributed by atoms with E-state index in [1.54, 1.807) is 30.3 Å². The van der Waals surface area contributed by atoms with E-state index in [9.17, 15) is 9.59 Å². The molecular weight excluding hydrogens is 318 g/mol. The summed E-state index contributed by atoms with van der Waals surface area (Å²) in [6, 6.07) is 12.2. The molecular formula is C20H17NO4. The molecule has 0 amide bonds. The molecule has 5 nitrogen and oxygen atoms in total. The summed E-state index contributed by atoms with van der Waals surface area (Å²) in [5.41, 5.74) is 2.84. The molecule has 0 heterocycles. The van der Waals surface area contributed by atoms with E-state index in [1.165, 1.54) is 0 Å². The average molecular weight is 335 g/mol. The van der Waals surface area contributed by atoms with E-state index < -0.39 is 5.97 Å². The minimum Gasteiger partial charge on any atom is -0.481 e. The molecule has 0 bridgehead atoms. The van der Waals surface area contributed by atoms with Crippen LogP contribution in [0.5, 0.6) is 11.5 Å². The number of nitrogens with zero attached hydrogens (tertiary/aromatic N) is 1. The predicted octanol–water partition coefficient (Wildman–Crippen LogP) is 3.37. The molecule has 0 saturated carbocycles. The zero-order chi connectivity index (χ0) is 17.8. The Labute approximate surface area is 145 Å². The molecule has 1 aliphatic carbocycles. The molecule has 126 valence electrons. The first-order chi connectivity index (χ1) is 12.1. The maximum atomic E-state index is 12.2. The molecule has 0 saturated heterocycles. The third kappa shape index (κ3) is 3.53. The Balaban J connectivity index is 1.74. The first-order valence-electron chi connectivity index (χ1n) is 8.08. The van der Waals surface area contributed by atoms with Gasteiger partial charge in [-0.3, -0.25) is 4.79 Å². The lowest BCUT2D eigenvalue weighted by Crippen LogP contribution is -2.21. The van der Waals surface area contributed by atoms with Crippen LogP contribution in [0.15, 0.2) is 36.4 Å². The molecule has 3 rings (SSSR count). The maximum absolute atomic E-state index is 12.2. The number of nitriles is 1. The van der Waals surface area contributed by atoms with Gasteiger partial charge in [-0.1, -0.05) is 18.2 Å². The van der Waals surface area contributed by atoms with Crippen LogP contribution >= 0.6 is 0 Å². The average Bonchev–Trinajstić information content (AvgIpc) is 2.63. The fourth-order valence-corrected chi connectivity index (χ4v) is 2.97. The lowest BCUT2D eigenvalue weighted by atomic mass is 9.87. The molecule has 0 N–H and O–H groups in total. The van der Waals surface area contributed by atoms with Gasteiger partial charge in [0.25, 0.3) is 0 Å². The quantitative estimate of drug-likeness (QED) is 0.632. The molecule has 5 heteroatoms. The number of carbonyl (C=O) groups is 2. The summed E-state index contributed by atoms with van der Waals surface area (Å²) >= 11 is 0. The fourth-order valence-electron chi connectivity index (χ4n) is 2.97. The van der Waals surface area contributed by atoms with E-state index in [1.807, 2.05) is 19.1 Å². The second-order valence-electron chi connectivity index (χ2n) is 5.88. The number of hydrogen-bond acceptors (Lipinski definition) is 5. The van der Waals surface area contributed by atoms with E-state index in [0.717, 1.165) is 24.0 Å². The van der Waals surface area contributed by atoms with Crippen molar-refractivity contribution in [2.45, 2.75) is 26.2 Å². The number of ketones is 1. The summed E-state index contributed by atoms with van der Waals surface area (Å²) in [5, 5.41) is 9.02. The van der Waals surface area contributed by atoms with Crippen LogP contribution in [-0.2, 0) is 11.2 Å². The van der Waals surface area contributed by atoms with Gasteiger partial charge in [0.15, 0.2) is 12.4 Å². The number of Topliss-reactive ketones (excluding diaryl/α,β-unsaturated/α-hetero) is 1. The van der Waals surface area contributed by atoms with Gasteiger partial charge in [0.05, 0.1) is 11.1 Å². The van der Waals surface area contributed by atoms with Crippen molar-refractivity contribution in [1.82, 2.24) is 0 Å². The first kappa shape index (κ1) is 16.7. The fraction of sp³-hybridized carbons (Fsp3) is 0.250. The van der Waals surface area contributed by atoms with Gasteiger partial charge in [-0.2, -0.15) is 5.26 Å². The van der Waals surface area contributed by atoms with E-state index in [-0.39, 0.29) is 18.1 Å². The van der Waals surface area contributed by atoms with Crippen molar-refractivity contribution in [2.75, 3.05) is 6.61 Å². The van der Waals surface area contributed by atoms with Gasteiger partial charge in [-0.05, 0) is 49.1 Å². The molecule has 2 aromatic rings. The summed E-state index contributed by atoms with van der Waals surface area (Å²) in [7, 11) is 0. The maximum Gasteiger partial charge on any atom is 0.349 e. The highest BCUT2D eigenvalue weighted by Gasteiger charge is 2.24. The zero-order valence-corrected chi connectivity index (χ0v) is 13.9. The Morgan fingerprint density at radius 2 is 1.96 bits per heavy atom. The van der Waals surface area contributed by atoms with Crippen molar-refractivity contribution in [3.63, 3.8) is 0 Å². The van der Waals surface area contributed by atoms with Gasteiger partial charge in [-0.15, -0.1) is 0 Å². The van der Waals surface area contributed by atoms with Crippen molar-refractivity contribution >= 4 is 11.8 Å². The number of aryl methyl sites for hydroxylation is 1. The van der Waals surface area contributed by atoms with E-state index in [4.69, 9.17) is 14.7 Å². The Kier molecular flexibility index (Phi) is 4.80. The molecule has 25 heavy (non-hydrogen) atoms. The van der Waals surface area contributed by atoms with Gasteiger partial charge in [-0.25, -0.2) is 4.79 Å². The van der Waals surface area contributed by atoms with Crippen LogP contribution < -0.4 is 9.47 Å². The minimum atomic E-state index is -0.614. The second kappa shape index (κ2) is 7.18. The highest BCUT2D eigenvalue weighted by molar-refractivity contribution is 6.02. The Morgan fingerprint density at radius 3 is 2.76 bits per heavy atom. The summed E-state index contributed by atoms with van der Waals surface area (Å²) in [5.74, 6) is -0.00269. The van der Waals surface area contributed by atoms with Crippen LogP contribution in [-0.4, -0.2) is 18.4 Å². The molecule has 0 aromatic heterocycles. The van der Waals surface area contributed by atoms with Gasteiger partial charge in [0.2, 0.25) is 0 Å². The SMILES string of the molecule is Cc1ccc(OC(=O)COc2ccccc2C#N)c2c1CCCC2=O. The molecule has 1 aliphatic rings. The number of benzene rings is 2. The number of ether oxygens (including phenoxy) is 2. The minimum absolute atomic E-state index is 0.00324. The van der Waals surface area contributed by atoms with Gasteiger partial charge >= 0.3 is 5.97 Å². The van der Waals surface area contributed by atoms with Crippen LogP contribution in [0.1, 0.15) is 39.9 Å². The van der Waals surface area contributed by atoms with E-state index >= 15 is 0 Å². The van der Waals surface area contributed by atoms with Gasteiger partial charge in [0, 0.05) is 6.42 Å². The van der Waals surface area contributed by atoms with Crippen LogP contribution in [0.4, 0.5) is 0 Å². The number of hydrogen-bond donors (Lipinski definition) is 0. The highest BCUT2D eigenvalue weighted by Crippen LogP contribution is 2.32. The van der Waals surface area contributed by atoms with Crippen LogP contribution in [0.2, 0.25) is 0 Å². The summed E-state index contributed by atoms with van der Waals surface area (Å²) in [6.07, 6.45) is 2.09. The molecule has 0 atom stereocenters. The topological polar surface area (TPSA) is 76.4 Å². The van der Waals surface area contributed by atoms with Crippen molar-refractivity contribution < 1.29 is 19.1 Å². The predicted molar refractivity (Wildman–Crippen MR) is 90.7 cm³/mol. The Bertz CT molecular complexity index is 880. The summed E-state index contributed by atoms with van der Waals surface area (Å²) < 4.78 is 10.7. The Hall–Kier alpha value is -3.13. The monoisotopic (exact) mass is 335 g/mol. The number of esters is 1. The normalized spacial score (nSPS) is 12.9. The van der Waals surface area contributed by atoms with Crippen molar-refractivity contribution in [2.24, 2.45) is 0 Å². The number of carbonyl (C=O) groups excluding carboxylic acids is 2. The van der Waals surface area contributed by atoms with Crippen molar-refractivity contribution in [3.05, 3.63) is 58.7 Å². The Morgan fingerprint density at radius 1 is 1.16 bits per heavy atom. The molecule has 2 aromatic carbocycles. The van der Waals surface area contributed by atoms with E-state index in [0.29, 0.717) is 23.3 Å². The van der Waals surface area contributed by atoms with Crippen molar-refractivity contribution in [1.29, 1.82) is 5.26 Å². The molecule has 0 spiro atoms. The summed E-state index contributed by atoms with van der Waals surface area (Å²) in [4.78, 5) is 24.4. The molecule has 0 radical (unpaired) electrons. The van der Waals surface area contributed by atoms with Crippen LogP contribution in [0, 0.1) is 18.3 Å². The summed E-state index contributed by atoms with van der Waals surface area (Å²) in [6.45, 7) is 1.61. The third-order valence-electron chi connectivity index (χ3n) is 4.20. The van der Waals surface area contributed by atoms with Gasteiger partial charge in [0.1, 0.15) is 17.6 Å². The second-order valence-corrected chi connectivity index (χ2v) is 5.88. The molecule has 0 fully saturated rings. The number of para-hydroxylation sites is 1. The third-order valence-corrected chi connectivity index (χ3v) is 4.20. The molecule has 0 unspecified atom stereocenters. The number of fused-ring (bicyclic) bond motifs is 1. The lowest BCUT2D eigenvalue weighted by molar-refractivity contribution is -0.136. The lowest BCUT2D eigenvalue weighted by Gasteiger charge is -2.20. The molecule has 0 aliphatic heterocycles. The smallest absolute Gasteiger partial charge is 0.349 e. The standard InChI is InChI=1S/C20H17NO4/c1-13-9-10-18(20-15(13)6-4-7-16(20)22)25-19(23)12-24-17-8-3-2-5-14(17)11-21/h2-3,5,8-10H,4,6-7,12H2,1H3.